The van der Waals surface area contributed by atoms with Gasteiger partial charge in [0.2, 0.25) is 5.78 Å². The number of para-hydroxylation sites is 1. The molecule has 0 fully saturated rings. The molecule has 0 saturated carbocycles. The zero-order valence-electron chi connectivity index (χ0n) is 12.4. The van der Waals surface area contributed by atoms with Crippen LogP contribution >= 0.6 is 22.9 Å². The highest BCUT2D eigenvalue weighted by Gasteiger charge is 2.17. The summed E-state index contributed by atoms with van der Waals surface area (Å²) in [5.41, 5.74) is 2.63. The van der Waals surface area contributed by atoms with Gasteiger partial charge in [0, 0.05) is 22.7 Å². The molecule has 0 aliphatic heterocycles. The molecular formula is C17H14ClNO3S. The number of nitrogens with one attached hydrogen (secondary N) is 1. The van der Waals surface area contributed by atoms with Gasteiger partial charge in [0.05, 0.1) is 4.34 Å². The van der Waals surface area contributed by atoms with Gasteiger partial charge in [0.15, 0.2) is 6.61 Å². The third-order valence-electron chi connectivity index (χ3n) is 3.59. The van der Waals surface area contributed by atoms with Gasteiger partial charge in [-0.05, 0) is 24.1 Å². The number of carbonyl (C=O) groups excluding carboxylic acids is 2. The van der Waals surface area contributed by atoms with Crippen LogP contribution in [0.5, 0.6) is 0 Å². The lowest BCUT2D eigenvalue weighted by Gasteiger charge is -2.03. The molecule has 1 N–H and O–H groups in total. The summed E-state index contributed by atoms with van der Waals surface area (Å²) in [4.78, 5) is 27.7. The number of esters is 1. The number of rotatable bonds is 5. The van der Waals surface area contributed by atoms with E-state index in [1.807, 2.05) is 18.2 Å². The maximum absolute atomic E-state index is 12.3. The third-order valence-corrected chi connectivity index (χ3v) is 4.80. The number of halogens is 1. The highest BCUT2D eigenvalue weighted by molar-refractivity contribution is 7.17. The summed E-state index contributed by atoms with van der Waals surface area (Å²) in [6.07, 6.45) is 2.54. The average molecular weight is 348 g/mol. The minimum atomic E-state index is -0.538. The number of hydrogen-bond acceptors (Lipinski definition) is 4. The number of aryl methyl sites for hydroxylation is 1. The minimum absolute atomic E-state index is 0.236. The Kier molecular flexibility index (Phi) is 4.50. The molecule has 23 heavy (non-hydrogen) atoms. The molecule has 118 valence electrons. The summed E-state index contributed by atoms with van der Waals surface area (Å²) in [6, 6.07) is 9.04. The van der Waals surface area contributed by atoms with Gasteiger partial charge in [0.1, 0.15) is 4.88 Å². The first-order valence-corrected chi connectivity index (χ1v) is 8.34. The number of Topliss-reactive ketones (excluding diaryl/α,β-unsaturated/α-hetero) is 1. The van der Waals surface area contributed by atoms with Crippen LogP contribution in [0.3, 0.4) is 0 Å². The lowest BCUT2D eigenvalue weighted by molar-refractivity contribution is 0.0480. The average Bonchev–Trinajstić information content (AvgIpc) is 3.18. The molecule has 0 saturated heterocycles. The topological polar surface area (TPSA) is 59.2 Å². The second-order valence-electron chi connectivity index (χ2n) is 5.00. The quantitative estimate of drug-likeness (QED) is 0.546. The predicted molar refractivity (Wildman–Crippen MR) is 91.6 cm³/mol. The van der Waals surface area contributed by atoms with Crippen molar-refractivity contribution in [2.45, 2.75) is 13.3 Å². The van der Waals surface area contributed by atoms with Crippen LogP contribution in [0.4, 0.5) is 0 Å². The number of benzene rings is 1. The third kappa shape index (κ3) is 3.16. The predicted octanol–water partition coefficient (Wildman–Crippen LogP) is 4.48. The van der Waals surface area contributed by atoms with Crippen molar-refractivity contribution in [2.75, 3.05) is 6.61 Å². The Morgan fingerprint density at radius 1 is 1.26 bits per heavy atom. The molecule has 6 heteroatoms. The first kappa shape index (κ1) is 15.8. The standard InChI is InChI=1S/C17H14ClNO3S/c1-2-10-4-3-5-11-12(8-19-16(10)11)13(20)9-22-17(21)14-6-7-15(18)23-14/h3-8,19H,2,9H2,1H3. The smallest absolute Gasteiger partial charge is 0.348 e. The molecule has 3 aromatic rings. The van der Waals surface area contributed by atoms with E-state index in [1.165, 1.54) is 0 Å². The van der Waals surface area contributed by atoms with E-state index in [4.69, 9.17) is 16.3 Å². The zero-order valence-corrected chi connectivity index (χ0v) is 14.0. The normalized spacial score (nSPS) is 10.9. The Bertz CT molecular complexity index is 881. The van der Waals surface area contributed by atoms with E-state index in [0.717, 1.165) is 34.2 Å². The van der Waals surface area contributed by atoms with Crippen molar-refractivity contribution in [3.8, 4) is 0 Å². The van der Waals surface area contributed by atoms with Crippen LogP contribution in [0, 0.1) is 0 Å². The minimum Gasteiger partial charge on any atom is -0.453 e. The van der Waals surface area contributed by atoms with E-state index in [0.29, 0.717) is 14.8 Å². The summed E-state index contributed by atoms with van der Waals surface area (Å²) in [6.45, 7) is 1.77. The number of carbonyl (C=O) groups is 2. The molecule has 0 aliphatic rings. The van der Waals surface area contributed by atoms with Crippen molar-refractivity contribution in [2.24, 2.45) is 0 Å². The van der Waals surface area contributed by atoms with Crippen molar-refractivity contribution in [1.82, 2.24) is 4.98 Å². The molecule has 3 rings (SSSR count). The van der Waals surface area contributed by atoms with Gasteiger partial charge >= 0.3 is 5.97 Å². The van der Waals surface area contributed by atoms with Crippen molar-refractivity contribution >= 4 is 45.6 Å². The van der Waals surface area contributed by atoms with Gasteiger partial charge in [0.25, 0.3) is 0 Å². The van der Waals surface area contributed by atoms with Gasteiger partial charge in [-0.2, -0.15) is 0 Å². The van der Waals surface area contributed by atoms with Gasteiger partial charge in [-0.3, -0.25) is 4.79 Å². The van der Waals surface area contributed by atoms with Crippen LogP contribution in [0.2, 0.25) is 4.34 Å². The lowest BCUT2D eigenvalue weighted by atomic mass is 10.1. The molecule has 0 atom stereocenters. The Hall–Kier alpha value is -2.11. The van der Waals surface area contributed by atoms with Crippen LogP contribution in [0.1, 0.15) is 32.5 Å². The van der Waals surface area contributed by atoms with E-state index in [1.54, 1.807) is 18.3 Å². The molecule has 1 aromatic carbocycles. The molecule has 0 spiro atoms. The number of aromatic amines is 1. The van der Waals surface area contributed by atoms with E-state index in [-0.39, 0.29) is 12.4 Å². The molecule has 4 nitrogen and oxygen atoms in total. The molecule has 0 unspecified atom stereocenters. The SMILES string of the molecule is CCc1cccc2c(C(=O)COC(=O)c3ccc(Cl)s3)c[nH]c12. The summed E-state index contributed by atoms with van der Waals surface area (Å²) in [5.74, 6) is -0.773. The van der Waals surface area contributed by atoms with Crippen molar-refractivity contribution in [3.05, 3.63) is 56.9 Å². The fraction of sp³-hybridized carbons (Fsp3) is 0.176. The highest BCUT2D eigenvalue weighted by atomic mass is 35.5. The highest BCUT2D eigenvalue weighted by Crippen LogP contribution is 2.24. The van der Waals surface area contributed by atoms with Gasteiger partial charge in [-0.25, -0.2) is 4.79 Å². The number of thiophene rings is 1. The molecular weight excluding hydrogens is 334 g/mol. The fourth-order valence-electron chi connectivity index (χ4n) is 2.45. The van der Waals surface area contributed by atoms with E-state index < -0.39 is 5.97 Å². The molecule has 0 amide bonds. The largest absolute Gasteiger partial charge is 0.453 e. The van der Waals surface area contributed by atoms with Crippen LogP contribution in [-0.2, 0) is 11.2 Å². The van der Waals surface area contributed by atoms with Crippen LogP contribution in [0.15, 0.2) is 36.5 Å². The van der Waals surface area contributed by atoms with Gasteiger partial charge in [-0.15, -0.1) is 11.3 Å². The number of H-pyrrole nitrogens is 1. The monoisotopic (exact) mass is 347 g/mol. The Labute approximate surface area is 142 Å². The lowest BCUT2D eigenvalue weighted by Crippen LogP contribution is -2.13. The number of ketones is 1. The zero-order chi connectivity index (χ0) is 16.4. The Morgan fingerprint density at radius 2 is 2.09 bits per heavy atom. The van der Waals surface area contributed by atoms with Crippen molar-refractivity contribution in [3.63, 3.8) is 0 Å². The van der Waals surface area contributed by atoms with E-state index in [9.17, 15) is 9.59 Å². The van der Waals surface area contributed by atoms with Gasteiger partial charge in [-0.1, -0.05) is 36.7 Å². The second-order valence-corrected chi connectivity index (χ2v) is 6.71. The summed E-state index contributed by atoms with van der Waals surface area (Å²) < 4.78 is 5.59. The van der Waals surface area contributed by atoms with Gasteiger partial charge < -0.3 is 9.72 Å². The van der Waals surface area contributed by atoms with Crippen LogP contribution < -0.4 is 0 Å². The van der Waals surface area contributed by atoms with Crippen molar-refractivity contribution in [1.29, 1.82) is 0 Å². The molecule has 2 aromatic heterocycles. The second kappa shape index (κ2) is 6.56. The summed E-state index contributed by atoms with van der Waals surface area (Å²) >= 11 is 6.91. The number of fused-ring (bicyclic) bond motifs is 1. The van der Waals surface area contributed by atoms with Crippen LogP contribution in [-0.4, -0.2) is 23.3 Å². The van der Waals surface area contributed by atoms with E-state index in [2.05, 4.69) is 11.9 Å². The summed E-state index contributed by atoms with van der Waals surface area (Å²) in [5, 5.41) is 0.851. The van der Waals surface area contributed by atoms with Crippen LogP contribution in [0.25, 0.3) is 10.9 Å². The maximum Gasteiger partial charge on any atom is 0.348 e. The molecule has 0 aliphatic carbocycles. The molecule has 0 bridgehead atoms. The first-order chi connectivity index (χ1) is 11.1. The maximum atomic E-state index is 12.3. The number of hydrogen-bond donors (Lipinski definition) is 1. The fourth-order valence-corrected chi connectivity index (χ4v) is 3.38. The molecule has 0 radical (unpaired) electrons. The molecule has 2 heterocycles. The summed E-state index contributed by atoms with van der Waals surface area (Å²) in [7, 11) is 0. The Morgan fingerprint density at radius 3 is 2.78 bits per heavy atom. The number of ether oxygens (including phenoxy) is 1. The number of aromatic nitrogens is 1. The Balaban J connectivity index is 1.75. The van der Waals surface area contributed by atoms with E-state index >= 15 is 0 Å². The first-order valence-electron chi connectivity index (χ1n) is 7.14. The van der Waals surface area contributed by atoms with Crippen molar-refractivity contribution < 1.29 is 14.3 Å².